The van der Waals surface area contributed by atoms with Gasteiger partial charge in [0.2, 0.25) is 5.91 Å². The van der Waals surface area contributed by atoms with Gasteiger partial charge in [0.25, 0.3) is 5.91 Å². The van der Waals surface area contributed by atoms with Gasteiger partial charge in [-0.3, -0.25) is 19.9 Å². The molecule has 164 valence electrons. The third kappa shape index (κ3) is 5.95. The second-order valence-corrected chi connectivity index (χ2v) is 7.17. The first-order valence-electron chi connectivity index (χ1n) is 10.2. The van der Waals surface area contributed by atoms with Gasteiger partial charge in [-0.05, 0) is 48.4 Å². The molecule has 32 heavy (non-hydrogen) atoms. The summed E-state index contributed by atoms with van der Waals surface area (Å²) in [6.07, 6.45) is 0.662. The smallest absolute Gasteiger partial charge is 0.258 e. The maximum absolute atomic E-state index is 13.2. The highest BCUT2D eigenvalue weighted by Crippen LogP contribution is 2.18. The molecule has 0 heterocycles. The first-order valence-corrected chi connectivity index (χ1v) is 10.2. The van der Waals surface area contributed by atoms with E-state index in [1.165, 1.54) is 4.90 Å². The number of nitrogens with one attached hydrogen (secondary N) is 2. The predicted molar refractivity (Wildman–Crippen MR) is 125 cm³/mol. The molecule has 3 aromatic rings. The third-order valence-electron chi connectivity index (χ3n) is 4.93. The number of hydrogen-bond acceptors (Lipinski definition) is 4. The van der Waals surface area contributed by atoms with E-state index in [0.717, 1.165) is 11.3 Å². The summed E-state index contributed by atoms with van der Waals surface area (Å²) >= 11 is 0. The molecule has 0 atom stereocenters. The molecule has 0 spiro atoms. The van der Waals surface area contributed by atoms with Gasteiger partial charge in [-0.2, -0.15) is 0 Å². The van der Waals surface area contributed by atoms with Gasteiger partial charge in [0.15, 0.2) is 0 Å². The predicted octanol–water partition coefficient (Wildman–Crippen LogP) is 2.98. The minimum atomic E-state index is -0.343. The summed E-state index contributed by atoms with van der Waals surface area (Å²) in [5.74, 6) is 0.0499. The van der Waals surface area contributed by atoms with Gasteiger partial charge in [-0.15, -0.1) is 0 Å². The van der Waals surface area contributed by atoms with Crippen molar-refractivity contribution in [3.05, 3.63) is 95.6 Å². The van der Waals surface area contributed by atoms with Crippen LogP contribution in [0.2, 0.25) is 0 Å². The zero-order chi connectivity index (χ0) is 22.9. The zero-order valence-electron chi connectivity index (χ0n) is 17.9. The van der Waals surface area contributed by atoms with E-state index >= 15 is 0 Å². The van der Waals surface area contributed by atoms with E-state index in [1.54, 1.807) is 43.5 Å². The molecule has 0 aromatic heterocycles. The number of nitrogen functional groups attached to an aromatic ring is 1. The van der Waals surface area contributed by atoms with Crippen LogP contribution in [0.1, 0.15) is 21.5 Å². The lowest BCUT2D eigenvalue weighted by atomic mass is 10.1. The number of carbonyl (C=O) groups excluding carboxylic acids is 2. The van der Waals surface area contributed by atoms with Crippen molar-refractivity contribution < 1.29 is 14.3 Å². The average Bonchev–Trinajstić information content (AvgIpc) is 2.83. The van der Waals surface area contributed by atoms with Crippen LogP contribution < -0.4 is 20.7 Å². The van der Waals surface area contributed by atoms with E-state index in [0.29, 0.717) is 29.8 Å². The Morgan fingerprint density at radius 2 is 1.66 bits per heavy atom. The highest BCUT2D eigenvalue weighted by atomic mass is 16.5. The Morgan fingerprint density at radius 1 is 0.969 bits per heavy atom. The molecule has 0 unspecified atom stereocenters. The molecular formula is C25H26N4O3. The SMILES string of the molecule is COc1ccc(CCNC(=O)CN(C(=O)c2cccc(C(=N)N)c2)c2ccccc2)cc1. The maximum atomic E-state index is 13.2. The summed E-state index contributed by atoms with van der Waals surface area (Å²) in [4.78, 5) is 27.3. The highest BCUT2D eigenvalue weighted by Gasteiger charge is 2.21. The minimum Gasteiger partial charge on any atom is -0.497 e. The van der Waals surface area contributed by atoms with Crippen molar-refractivity contribution >= 4 is 23.3 Å². The van der Waals surface area contributed by atoms with Crippen LogP contribution in [0.25, 0.3) is 0 Å². The van der Waals surface area contributed by atoms with E-state index in [1.807, 2.05) is 42.5 Å². The first-order chi connectivity index (χ1) is 15.5. The van der Waals surface area contributed by atoms with Crippen LogP contribution >= 0.6 is 0 Å². The van der Waals surface area contributed by atoms with Crippen molar-refractivity contribution in [3.63, 3.8) is 0 Å². The molecule has 2 amide bonds. The molecule has 0 aliphatic rings. The quantitative estimate of drug-likeness (QED) is 0.358. The van der Waals surface area contributed by atoms with E-state index in [9.17, 15) is 9.59 Å². The average molecular weight is 431 g/mol. The number of carbonyl (C=O) groups is 2. The van der Waals surface area contributed by atoms with E-state index in [2.05, 4.69) is 5.32 Å². The van der Waals surface area contributed by atoms with Crippen LogP contribution in [-0.2, 0) is 11.2 Å². The summed E-state index contributed by atoms with van der Waals surface area (Å²) in [7, 11) is 1.62. The molecule has 0 aliphatic heterocycles. The minimum absolute atomic E-state index is 0.123. The standard InChI is InChI=1S/C25H26N4O3/c1-32-22-12-10-18(11-13-22)14-15-28-23(30)17-29(21-8-3-2-4-9-21)25(31)20-7-5-6-19(16-20)24(26)27/h2-13,16H,14-15,17H2,1H3,(H3,26,27)(H,28,30). The molecule has 0 aliphatic carbocycles. The molecule has 7 nitrogen and oxygen atoms in total. The monoisotopic (exact) mass is 430 g/mol. The Bertz CT molecular complexity index is 1080. The van der Waals surface area contributed by atoms with Crippen molar-refractivity contribution in [3.8, 4) is 5.75 Å². The summed E-state index contributed by atoms with van der Waals surface area (Å²) in [6, 6.07) is 23.2. The molecule has 0 fully saturated rings. The van der Waals surface area contributed by atoms with E-state index < -0.39 is 0 Å². The van der Waals surface area contributed by atoms with Crippen LogP contribution in [0.3, 0.4) is 0 Å². The fourth-order valence-electron chi connectivity index (χ4n) is 3.20. The van der Waals surface area contributed by atoms with Crippen LogP contribution in [0, 0.1) is 5.41 Å². The molecule has 0 saturated heterocycles. The number of methoxy groups -OCH3 is 1. The number of benzene rings is 3. The van der Waals surface area contributed by atoms with Crippen molar-refractivity contribution in [1.82, 2.24) is 5.32 Å². The number of amidine groups is 1. The Labute approximate surface area is 187 Å². The number of anilines is 1. The molecular weight excluding hydrogens is 404 g/mol. The molecule has 3 rings (SSSR count). The number of nitrogens with zero attached hydrogens (tertiary/aromatic N) is 1. The number of hydrogen-bond donors (Lipinski definition) is 3. The number of para-hydroxylation sites is 1. The van der Waals surface area contributed by atoms with Gasteiger partial charge in [-0.25, -0.2) is 0 Å². The lowest BCUT2D eigenvalue weighted by molar-refractivity contribution is -0.119. The number of ether oxygens (including phenoxy) is 1. The van der Waals surface area contributed by atoms with Gasteiger partial charge in [0, 0.05) is 23.4 Å². The van der Waals surface area contributed by atoms with Gasteiger partial charge < -0.3 is 15.8 Å². The van der Waals surface area contributed by atoms with Crippen LogP contribution in [0.4, 0.5) is 5.69 Å². The lowest BCUT2D eigenvalue weighted by Crippen LogP contribution is -2.41. The summed E-state index contributed by atoms with van der Waals surface area (Å²) in [5.41, 5.74) is 8.04. The van der Waals surface area contributed by atoms with Crippen molar-refractivity contribution in [2.45, 2.75) is 6.42 Å². The van der Waals surface area contributed by atoms with Crippen molar-refractivity contribution in [2.75, 3.05) is 25.1 Å². The van der Waals surface area contributed by atoms with Gasteiger partial charge in [-0.1, -0.05) is 42.5 Å². The molecule has 3 aromatic carbocycles. The molecule has 0 bridgehead atoms. The second-order valence-electron chi connectivity index (χ2n) is 7.17. The molecule has 0 saturated carbocycles. The van der Waals surface area contributed by atoms with Gasteiger partial charge >= 0.3 is 0 Å². The van der Waals surface area contributed by atoms with E-state index in [4.69, 9.17) is 15.9 Å². The second kappa shape index (κ2) is 10.8. The number of nitrogens with two attached hydrogens (primary N) is 1. The van der Waals surface area contributed by atoms with Crippen LogP contribution in [-0.4, -0.2) is 37.8 Å². The molecule has 4 N–H and O–H groups in total. The van der Waals surface area contributed by atoms with Crippen molar-refractivity contribution in [1.29, 1.82) is 5.41 Å². The maximum Gasteiger partial charge on any atom is 0.258 e. The summed E-state index contributed by atoms with van der Waals surface area (Å²) < 4.78 is 5.15. The summed E-state index contributed by atoms with van der Waals surface area (Å²) in [6.45, 7) is 0.317. The molecule has 7 heteroatoms. The lowest BCUT2D eigenvalue weighted by Gasteiger charge is -2.23. The normalized spacial score (nSPS) is 10.3. The van der Waals surface area contributed by atoms with Crippen LogP contribution in [0.15, 0.2) is 78.9 Å². The van der Waals surface area contributed by atoms with Gasteiger partial charge in [0.1, 0.15) is 18.1 Å². The Morgan fingerprint density at radius 3 is 2.31 bits per heavy atom. The van der Waals surface area contributed by atoms with Gasteiger partial charge in [0.05, 0.1) is 7.11 Å². The fourth-order valence-corrected chi connectivity index (χ4v) is 3.20. The number of rotatable bonds is 9. The zero-order valence-corrected chi connectivity index (χ0v) is 17.9. The third-order valence-corrected chi connectivity index (χ3v) is 4.93. The topological polar surface area (TPSA) is 109 Å². The largest absolute Gasteiger partial charge is 0.497 e. The van der Waals surface area contributed by atoms with E-state index in [-0.39, 0.29) is 24.2 Å². The first kappa shape index (κ1) is 22.6. The summed E-state index contributed by atoms with van der Waals surface area (Å²) in [5, 5.41) is 10.5. The van der Waals surface area contributed by atoms with Crippen molar-refractivity contribution in [2.24, 2.45) is 5.73 Å². The molecule has 0 radical (unpaired) electrons. The highest BCUT2D eigenvalue weighted by molar-refractivity contribution is 6.10. The Balaban J connectivity index is 1.69. The van der Waals surface area contributed by atoms with Crippen LogP contribution in [0.5, 0.6) is 5.75 Å². The Hall–Kier alpha value is -4.13. The Kier molecular flexibility index (Phi) is 7.59. The number of amides is 2. The fraction of sp³-hybridized carbons (Fsp3) is 0.160.